The Hall–Kier alpha value is -2.82. The zero-order chi connectivity index (χ0) is 17.6. The highest BCUT2D eigenvalue weighted by molar-refractivity contribution is 5.78. The first kappa shape index (κ1) is 17.0. The summed E-state index contributed by atoms with van der Waals surface area (Å²) >= 11 is 0. The highest BCUT2D eigenvalue weighted by Crippen LogP contribution is 2.15. The average Bonchev–Trinajstić information content (AvgIpc) is 2.93. The number of imidazole rings is 1. The smallest absolute Gasteiger partial charge is 0.224 e. The number of nitrogens with zero attached hydrogens (tertiary/aromatic N) is 2. The molecule has 0 atom stereocenters. The molecule has 3 aromatic rings. The van der Waals surface area contributed by atoms with Gasteiger partial charge in [0.1, 0.15) is 11.6 Å². The van der Waals surface area contributed by atoms with E-state index in [1.807, 2.05) is 56.3 Å². The molecule has 0 spiro atoms. The molecule has 1 heterocycles. The monoisotopic (exact) mass is 337 g/mol. The number of aromatic nitrogens is 2. The van der Waals surface area contributed by atoms with Gasteiger partial charge in [-0.3, -0.25) is 4.79 Å². The molecule has 0 fully saturated rings. The van der Waals surface area contributed by atoms with Gasteiger partial charge in [-0.25, -0.2) is 4.98 Å². The van der Waals surface area contributed by atoms with Crippen molar-refractivity contribution in [1.29, 1.82) is 0 Å². The van der Waals surface area contributed by atoms with Crippen LogP contribution in [0.25, 0.3) is 11.0 Å². The fourth-order valence-corrected chi connectivity index (χ4v) is 2.90. The number of benzene rings is 2. The molecular formula is C20H23N3O2. The van der Waals surface area contributed by atoms with Gasteiger partial charge in [0.2, 0.25) is 5.91 Å². The summed E-state index contributed by atoms with van der Waals surface area (Å²) in [6.07, 6.45) is 0.371. The van der Waals surface area contributed by atoms with Crippen LogP contribution in [-0.4, -0.2) is 28.6 Å². The van der Waals surface area contributed by atoms with E-state index in [1.54, 1.807) is 0 Å². The molecule has 2 aromatic carbocycles. The molecule has 0 aliphatic carbocycles. The number of para-hydroxylation sites is 2. The van der Waals surface area contributed by atoms with Crippen LogP contribution in [0.15, 0.2) is 48.5 Å². The molecule has 130 valence electrons. The maximum Gasteiger partial charge on any atom is 0.224 e. The summed E-state index contributed by atoms with van der Waals surface area (Å²) < 4.78 is 7.54. The van der Waals surface area contributed by atoms with Crippen molar-refractivity contribution < 1.29 is 9.53 Å². The second kappa shape index (κ2) is 7.83. The normalized spacial score (nSPS) is 10.8. The maximum absolute atomic E-state index is 12.1. The van der Waals surface area contributed by atoms with Gasteiger partial charge in [0.15, 0.2) is 0 Å². The van der Waals surface area contributed by atoms with Crippen LogP contribution < -0.4 is 10.1 Å². The molecule has 0 aliphatic heterocycles. The summed E-state index contributed by atoms with van der Waals surface area (Å²) in [6.45, 7) is 5.87. The van der Waals surface area contributed by atoms with Gasteiger partial charge in [-0.15, -0.1) is 0 Å². The van der Waals surface area contributed by atoms with Crippen LogP contribution >= 0.6 is 0 Å². The van der Waals surface area contributed by atoms with Crippen molar-refractivity contribution in [3.63, 3.8) is 0 Å². The first-order valence-electron chi connectivity index (χ1n) is 8.57. The van der Waals surface area contributed by atoms with Crippen LogP contribution in [0.4, 0.5) is 0 Å². The molecule has 3 rings (SSSR count). The number of amides is 1. The topological polar surface area (TPSA) is 56.1 Å². The van der Waals surface area contributed by atoms with Crippen molar-refractivity contribution in [2.75, 3.05) is 13.2 Å². The molecule has 5 nitrogen and oxygen atoms in total. The lowest BCUT2D eigenvalue weighted by molar-refractivity contribution is -0.120. The fraction of sp³-hybridized carbons (Fsp3) is 0.300. The van der Waals surface area contributed by atoms with Gasteiger partial charge in [0.05, 0.1) is 24.1 Å². The molecule has 25 heavy (non-hydrogen) atoms. The quantitative estimate of drug-likeness (QED) is 0.721. The van der Waals surface area contributed by atoms with Gasteiger partial charge in [-0.1, -0.05) is 24.3 Å². The predicted octanol–water partition coefficient (Wildman–Crippen LogP) is 3.10. The van der Waals surface area contributed by atoms with E-state index in [2.05, 4.69) is 20.9 Å². The summed E-state index contributed by atoms with van der Waals surface area (Å²) in [5, 5.41) is 2.98. The summed E-state index contributed by atoms with van der Waals surface area (Å²) in [5.74, 6) is 1.81. The Morgan fingerprint density at radius 2 is 1.92 bits per heavy atom. The number of aryl methyl sites for hydroxylation is 1. The second-order valence-electron chi connectivity index (χ2n) is 5.90. The van der Waals surface area contributed by atoms with E-state index in [1.165, 1.54) is 0 Å². The third kappa shape index (κ3) is 4.18. The maximum atomic E-state index is 12.1. The second-order valence-corrected chi connectivity index (χ2v) is 5.90. The SMILES string of the molecule is CCOc1ccc(CC(=O)NCCn2c(C)nc3ccccc32)cc1. The van der Waals surface area contributed by atoms with E-state index in [0.29, 0.717) is 26.1 Å². The Labute approximate surface area is 147 Å². The fourth-order valence-electron chi connectivity index (χ4n) is 2.90. The standard InChI is InChI=1S/C20H23N3O2/c1-3-25-17-10-8-16(9-11-17)14-20(24)21-12-13-23-15(2)22-18-6-4-5-7-19(18)23/h4-11H,3,12-14H2,1-2H3,(H,21,24). The minimum absolute atomic E-state index is 0.0197. The summed E-state index contributed by atoms with van der Waals surface area (Å²) in [7, 11) is 0. The Kier molecular flexibility index (Phi) is 5.33. The Balaban J connectivity index is 1.53. The largest absolute Gasteiger partial charge is 0.494 e. The van der Waals surface area contributed by atoms with E-state index in [4.69, 9.17) is 4.74 Å². The van der Waals surface area contributed by atoms with E-state index in [0.717, 1.165) is 28.2 Å². The van der Waals surface area contributed by atoms with Crippen LogP contribution in [-0.2, 0) is 17.8 Å². The minimum Gasteiger partial charge on any atom is -0.494 e. The zero-order valence-corrected chi connectivity index (χ0v) is 14.7. The zero-order valence-electron chi connectivity index (χ0n) is 14.7. The summed E-state index contributed by atoms with van der Waals surface area (Å²) in [5.41, 5.74) is 3.06. The third-order valence-corrected chi connectivity index (χ3v) is 4.10. The van der Waals surface area contributed by atoms with Gasteiger partial charge in [0.25, 0.3) is 0 Å². The third-order valence-electron chi connectivity index (χ3n) is 4.10. The molecule has 0 bridgehead atoms. The number of carbonyl (C=O) groups is 1. The van der Waals surface area contributed by atoms with Crippen LogP contribution in [0.5, 0.6) is 5.75 Å². The predicted molar refractivity (Wildman–Crippen MR) is 98.8 cm³/mol. The lowest BCUT2D eigenvalue weighted by Crippen LogP contribution is -2.28. The molecular weight excluding hydrogens is 314 g/mol. The van der Waals surface area contributed by atoms with E-state index in [9.17, 15) is 4.79 Å². The molecule has 1 aromatic heterocycles. The highest BCUT2D eigenvalue weighted by Gasteiger charge is 2.07. The number of hydrogen-bond acceptors (Lipinski definition) is 3. The molecule has 0 aliphatic rings. The van der Waals surface area contributed by atoms with Gasteiger partial charge < -0.3 is 14.6 Å². The van der Waals surface area contributed by atoms with Crippen molar-refractivity contribution in [2.45, 2.75) is 26.8 Å². The molecule has 0 saturated heterocycles. The minimum atomic E-state index is 0.0197. The van der Waals surface area contributed by atoms with Crippen molar-refractivity contribution in [2.24, 2.45) is 0 Å². The van der Waals surface area contributed by atoms with Crippen LogP contribution in [0.2, 0.25) is 0 Å². The molecule has 1 amide bonds. The molecule has 0 unspecified atom stereocenters. The van der Waals surface area contributed by atoms with E-state index >= 15 is 0 Å². The van der Waals surface area contributed by atoms with E-state index < -0.39 is 0 Å². The number of fused-ring (bicyclic) bond motifs is 1. The number of carbonyl (C=O) groups excluding carboxylic acids is 1. The lowest BCUT2D eigenvalue weighted by atomic mass is 10.1. The van der Waals surface area contributed by atoms with Crippen molar-refractivity contribution in [3.8, 4) is 5.75 Å². The number of rotatable bonds is 7. The molecule has 5 heteroatoms. The van der Waals surface area contributed by atoms with Crippen LogP contribution in [0.1, 0.15) is 18.3 Å². The van der Waals surface area contributed by atoms with Gasteiger partial charge in [0, 0.05) is 13.1 Å². The van der Waals surface area contributed by atoms with Crippen molar-refractivity contribution >= 4 is 16.9 Å². The van der Waals surface area contributed by atoms with Crippen LogP contribution in [0, 0.1) is 6.92 Å². The lowest BCUT2D eigenvalue weighted by Gasteiger charge is -2.09. The van der Waals surface area contributed by atoms with Crippen LogP contribution in [0.3, 0.4) is 0 Å². The first-order valence-corrected chi connectivity index (χ1v) is 8.57. The Morgan fingerprint density at radius 1 is 1.16 bits per heavy atom. The van der Waals surface area contributed by atoms with E-state index in [-0.39, 0.29) is 5.91 Å². The molecule has 0 radical (unpaired) electrons. The Bertz CT molecular complexity index is 853. The van der Waals surface area contributed by atoms with Gasteiger partial charge in [-0.05, 0) is 43.7 Å². The van der Waals surface area contributed by atoms with Crippen molar-refractivity contribution in [1.82, 2.24) is 14.9 Å². The molecule has 0 saturated carbocycles. The number of nitrogens with one attached hydrogen (secondary N) is 1. The first-order chi connectivity index (χ1) is 12.2. The Morgan fingerprint density at radius 3 is 2.68 bits per heavy atom. The molecule has 1 N–H and O–H groups in total. The van der Waals surface area contributed by atoms with Gasteiger partial charge in [-0.2, -0.15) is 0 Å². The number of hydrogen-bond donors (Lipinski definition) is 1. The van der Waals surface area contributed by atoms with Crippen molar-refractivity contribution in [3.05, 3.63) is 59.9 Å². The summed E-state index contributed by atoms with van der Waals surface area (Å²) in [4.78, 5) is 16.7. The average molecular weight is 337 g/mol. The van der Waals surface area contributed by atoms with Gasteiger partial charge >= 0.3 is 0 Å². The highest BCUT2D eigenvalue weighted by atomic mass is 16.5. The summed E-state index contributed by atoms with van der Waals surface area (Å²) in [6, 6.07) is 15.7. The number of ether oxygens (including phenoxy) is 1.